The van der Waals surface area contributed by atoms with Gasteiger partial charge < -0.3 is 9.47 Å². The topological polar surface area (TPSA) is 52.6 Å². The van der Waals surface area contributed by atoms with E-state index in [4.69, 9.17) is 9.47 Å². The Morgan fingerprint density at radius 1 is 0.786 bits per heavy atom. The van der Waals surface area contributed by atoms with Crippen LogP contribution in [0.4, 0.5) is 0 Å². The highest BCUT2D eigenvalue weighted by Crippen LogP contribution is 2.37. The summed E-state index contributed by atoms with van der Waals surface area (Å²) in [5.41, 5.74) is 6.73. The van der Waals surface area contributed by atoms with E-state index in [2.05, 4.69) is 13.5 Å². The Labute approximate surface area is 167 Å². The average molecular weight is 380 g/mol. The summed E-state index contributed by atoms with van der Waals surface area (Å²) in [6.45, 7) is 16.9. The van der Waals surface area contributed by atoms with E-state index in [-0.39, 0.29) is 17.9 Å². The summed E-state index contributed by atoms with van der Waals surface area (Å²) in [7, 11) is 0. The molecule has 0 N–H and O–H groups in total. The van der Waals surface area contributed by atoms with Gasteiger partial charge in [0.25, 0.3) is 0 Å². The molecule has 4 nitrogen and oxygen atoms in total. The number of ether oxygens (including phenoxy) is 2. The van der Waals surface area contributed by atoms with Gasteiger partial charge in [-0.3, -0.25) is 9.59 Å². The maximum absolute atomic E-state index is 11.3. The Bertz CT molecular complexity index is 907. The summed E-state index contributed by atoms with van der Waals surface area (Å²) in [6.07, 6.45) is 0. The van der Waals surface area contributed by atoms with Crippen molar-refractivity contribution in [3.8, 4) is 11.5 Å². The van der Waals surface area contributed by atoms with Crippen LogP contribution >= 0.6 is 0 Å². The summed E-state index contributed by atoms with van der Waals surface area (Å²) in [5.74, 6) is 0.642. The van der Waals surface area contributed by atoms with Crippen molar-refractivity contribution in [2.45, 2.75) is 54.4 Å². The molecule has 0 aliphatic heterocycles. The van der Waals surface area contributed by atoms with Gasteiger partial charge in [0, 0.05) is 19.8 Å². The van der Waals surface area contributed by atoms with Crippen molar-refractivity contribution < 1.29 is 19.1 Å². The molecule has 1 unspecified atom stereocenters. The minimum absolute atomic E-state index is 0.0714. The van der Waals surface area contributed by atoms with E-state index in [1.54, 1.807) is 0 Å². The molecule has 4 heteroatoms. The van der Waals surface area contributed by atoms with Crippen molar-refractivity contribution in [2.24, 2.45) is 0 Å². The van der Waals surface area contributed by atoms with Crippen LogP contribution in [-0.2, 0) is 9.59 Å². The van der Waals surface area contributed by atoms with Crippen LogP contribution in [0.15, 0.2) is 30.8 Å². The van der Waals surface area contributed by atoms with Crippen molar-refractivity contribution in [2.75, 3.05) is 0 Å². The standard InChI is InChI=1S/C24H28O4/c1-13-9-21(10-14(2)23(13)27-19(7)25)17(5)18(6)22-11-15(3)24(16(4)12-22)28-20(8)26/h9-12,18H,5H2,1-4,6-8H3. The lowest BCUT2D eigenvalue weighted by Crippen LogP contribution is -2.07. The van der Waals surface area contributed by atoms with E-state index in [0.29, 0.717) is 11.5 Å². The normalized spacial score (nSPS) is 11.7. The van der Waals surface area contributed by atoms with Gasteiger partial charge >= 0.3 is 11.9 Å². The van der Waals surface area contributed by atoms with E-state index in [1.165, 1.54) is 13.8 Å². The third-order valence-electron chi connectivity index (χ3n) is 4.83. The van der Waals surface area contributed by atoms with Gasteiger partial charge in [-0.1, -0.05) is 25.6 Å². The second-order valence-electron chi connectivity index (χ2n) is 7.36. The highest BCUT2D eigenvalue weighted by molar-refractivity contribution is 5.75. The van der Waals surface area contributed by atoms with E-state index in [9.17, 15) is 9.59 Å². The molecule has 0 fully saturated rings. The maximum Gasteiger partial charge on any atom is 0.308 e. The number of hydrogen-bond donors (Lipinski definition) is 0. The van der Waals surface area contributed by atoms with Crippen LogP contribution in [0.3, 0.4) is 0 Å². The molecule has 2 aromatic carbocycles. The first-order chi connectivity index (χ1) is 13.0. The molecule has 2 rings (SSSR count). The monoisotopic (exact) mass is 380 g/mol. The molecule has 0 aromatic heterocycles. The summed E-state index contributed by atoms with van der Waals surface area (Å²) < 4.78 is 10.7. The van der Waals surface area contributed by atoms with Crippen molar-refractivity contribution in [3.63, 3.8) is 0 Å². The number of carbonyl (C=O) groups excluding carboxylic acids is 2. The molecule has 0 aliphatic carbocycles. The number of rotatable bonds is 5. The number of hydrogen-bond acceptors (Lipinski definition) is 4. The molecule has 1 atom stereocenters. The van der Waals surface area contributed by atoms with Gasteiger partial charge in [-0.2, -0.15) is 0 Å². The number of allylic oxidation sites excluding steroid dienone is 1. The molecule has 0 saturated carbocycles. The van der Waals surface area contributed by atoms with Crippen LogP contribution < -0.4 is 9.47 Å². The Kier molecular flexibility index (Phi) is 6.45. The zero-order valence-electron chi connectivity index (χ0n) is 17.7. The smallest absolute Gasteiger partial charge is 0.308 e. The molecule has 2 aromatic rings. The first-order valence-electron chi connectivity index (χ1n) is 9.29. The van der Waals surface area contributed by atoms with Crippen molar-refractivity contribution in [1.82, 2.24) is 0 Å². The molecule has 0 spiro atoms. The van der Waals surface area contributed by atoms with E-state index in [0.717, 1.165) is 39.0 Å². The minimum atomic E-state index is -0.329. The summed E-state index contributed by atoms with van der Waals surface area (Å²) in [5, 5.41) is 0. The predicted octanol–water partition coefficient (Wildman–Crippen LogP) is 5.59. The third kappa shape index (κ3) is 4.69. The van der Waals surface area contributed by atoms with E-state index in [1.807, 2.05) is 52.0 Å². The number of benzene rings is 2. The van der Waals surface area contributed by atoms with Gasteiger partial charge in [-0.05, 0) is 78.8 Å². The second kappa shape index (κ2) is 8.42. The average Bonchev–Trinajstić information content (AvgIpc) is 2.59. The van der Waals surface area contributed by atoms with Gasteiger partial charge in [0.05, 0.1) is 0 Å². The lowest BCUT2D eigenvalue weighted by atomic mass is 9.86. The fourth-order valence-corrected chi connectivity index (χ4v) is 3.43. The number of carbonyl (C=O) groups is 2. The largest absolute Gasteiger partial charge is 0.426 e. The molecule has 0 aliphatic rings. The van der Waals surface area contributed by atoms with Crippen LogP contribution in [0.2, 0.25) is 0 Å². The van der Waals surface area contributed by atoms with Crippen LogP contribution in [0.5, 0.6) is 11.5 Å². The Hall–Kier alpha value is -2.88. The van der Waals surface area contributed by atoms with Crippen LogP contribution in [0.1, 0.15) is 60.1 Å². The zero-order chi connectivity index (χ0) is 21.2. The predicted molar refractivity (Wildman–Crippen MR) is 112 cm³/mol. The molecular formula is C24H28O4. The zero-order valence-corrected chi connectivity index (χ0v) is 17.7. The molecule has 0 amide bonds. The van der Waals surface area contributed by atoms with Gasteiger partial charge in [-0.15, -0.1) is 0 Å². The van der Waals surface area contributed by atoms with Crippen LogP contribution in [-0.4, -0.2) is 11.9 Å². The molecule has 148 valence electrons. The summed E-state index contributed by atoms with van der Waals surface area (Å²) in [6, 6.07) is 8.07. The Morgan fingerprint density at radius 3 is 1.50 bits per heavy atom. The third-order valence-corrected chi connectivity index (χ3v) is 4.83. The lowest BCUT2D eigenvalue weighted by Gasteiger charge is -2.20. The van der Waals surface area contributed by atoms with Gasteiger partial charge in [0.2, 0.25) is 0 Å². The highest BCUT2D eigenvalue weighted by atomic mass is 16.5. The van der Waals surface area contributed by atoms with Crippen molar-refractivity contribution in [3.05, 3.63) is 64.2 Å². The second-order valence-corrected chi connectivity index (χ2v) is 7.36. The van der Waals surface area contributed by atoms with Crippen molar-refractivity contribution in [1.29, 1.82) is 0 Å². The van der Waals surface area contributed by atoms with Crippen LogP contribution in [0.25, 0.3) is 5.57 Å². The highest BCUT2D eigenvalue weighted by Gasteiger charge is 2.18. The van der Waals surface area contributed by atoms with Crippen LogP contribution in [0, 0.1) is 27.7 Å². The van der Waals surface area contributed by atoms with Crippen molar-refractivity contribution >= 4 is 17.5 Å². The molecule has 0 heterocycles. The Balaban J connectivity index is 2.37. The Morgan fingerprint density at radius 2 is 1.14 bits per heavy atom. The van der Waals surface area contributed by atoms with Gasteiger partial charge in [0.1, 0.15) is 11.5 Å². The summed E-state index contributed by atoms with van der Waals surface area (Å²) >= 11 is 0. The lowest BCUT2D eigenvalue weighted by molar-refractivity contribution is -0.132. The van der Waals surface area contributed by atoms with E-state index < -0.39 is 0 Å². The van der Waals surface area contributed by atoms with Gasteiger partial charge in [0.15, 0.2) is 0 Å². The number of aryl methyl sites for hydroxylation is 4. The first-order valence-corrected chi connectivity index (χ1v) is 9.29. The molecule has 0 radical (unpaired) electrons. The van der Waals surface area contributed by atoms with E-state index >= 15 is 0 Å². The molecule has 28 heavy (non-hydrogen) atoms. The van der Waals surface area contributed by atoms with Gasteiger partial charge in [-0.25, -0.2) is 0 Å². The quantitative estimate of drug-likeness (QED) is 0.501. The first kappa shape index (κ1) is 21.4. The molecular weight excluding hydrogens is 352 g/mol. The maximum atomic E-state index is 11.3. The fourth-order valence-electron chi connectivity index (χ4n) is 3.43. The molecule has 0 bridgehead atoms. The number of esters is 2. The molecule has 0 saturated heterocycles. The minimum Gasteiger partial charge on any atom is -0.426 e. The fraction of sp³-hybridized carbons (Fsp3) is 0.333. The SMILES string of the molecule is C=C(c1cc(C)c(OC(C)=O)c(C)c1)C(C)c1cc(C)c(OC(C)=O)c(C)c1. The summed E-state index contributed by atoms with van der Waals surface area (Å²) in [4.78, 5) is 22.6.